The molecule has 0 unspecified atom stereocenters. The molecule has 0 aromatic carbocycles. The molecule has 1 amide bonds. The van der Waals surface area contributed by atoms with Crippen molar-refractivity contribution < 1.29 is 14.3 Å². The van der Waals surface area contributed by atoms with Crippen molar-refractivity contribution in [2.45, 2.75) is 37.8 Å². The van der Waals surface area contributed by atoms with Crippen molar-refractivity contribution in [3.8, 4) is 0 Å². The number of carbonyl (C=O) groups is 1. The van der Waals surface area contributed by atoms with Crippen molar-refractivity contribution in [3.63, 3.8) is 0 Å². The van der Waals surface area contributed by atoms with Crippen LogP contribution in [0.5, 0.6) is 0 Å². The second-order valence-corrected chi connectivity index (χ2v) is 5.64. The molecule has 5 nitrogen and oxygen atoms in total. The Morgan fingerprint density at radius 1 is 1.05 bits per heavy atom. The molecule has 3 heterocycles. The molecule has 3 rings (SSSR count). The molecule has 0 saturated carbocycles. The molecule has 1 aromatic rings. The molecule has 2 aliphatic rings. The summed E-state index contributed by atoms with van der Waals surface area (Å²) in [6, 6.07) is 4.21. The van der Waals surface area contributed by atoms with Crippen LogP contribution >= 0.6 is 0 Å². The Morgan fingerprint density at radius 3 is 2.10 bits per heavy atom. The molecule has 21 heavy (non-hydrogen) atoms. The van der Waals surface area contributed by atoms with E-state index in [1.807, 2.05) is 12.1 Å². The van der Waals surface area contributed by atoms with Crippen LogP contribution in [0, 0.1) is 0 Å². The monoisotopic (exact) mass is 290 g/mol. The zero-order valence-electron chi connectivity index (χ0n) is 12.2. The van der Waals surface area contributed by atoms with Gasteiger partial charge in [-0.3, -0.25) is 9.78 Å². The fraction of sp³-hybridized carbons (Fsp3) is 0.625. The molecule has 0 spiro atoms. The third-order valence-corrected chi connectivity index (χ3v) is 4.31. The highest BCUT2D eigenvalue weighted by molar-refractivity contribution is 5.94. The Bertz CT molecular complexity index is 436. The quantitative estimate of drug-likeness (QED) is 0.853. The van der Waals surface area contributed by atoms with Gasteiger partial charge in [-0.1, -0.05) is 0 Å². The van der Waals surface area contributed by atoms with Gasteiger partial charge in [0.15, 0.2) is 0 Å². The molecule has 0 bridgehead atoms. The van der Waals surface area contributed by atoms with E-state index in [0.29, 0.717) is 5.56 Å². The summed E-state index contributed by atoms with van der Waals surface area (Å²) in [5.74, 6) is 0.0990. The van der Waals surface area contributed by atoms with Gasteiger partial charge >= 0.3 is 0 Å². The number of hydrogen-bond acceptors (Lipinski definition) is 4. The van der Waals surface area contributed by atoms with Crippen molar-refractivity contribution in [1.82, 2.24) is 9.88 Å². The number of ether oxygens (including phenoxy) is 2. The van der Waals surface area contributed by atoms with Crippen molar-refractivity contribution in [2.24, 2.45) is 0 Å². The van der Waals surface area contributed by atoms with Gasteiger partial charge in [0, 0.05) is 50.9 Å². The number of amides is 1. The maximum Gasteiger partial charge on any atom is 0.255 e. The average Bonchev–Trinajstić information content (AvgIpc) is 2.58. The van der Waals surface area contributed by atoms with Crippen LogP contribution in [0.3, 0.4) is 0 Å². The fourth-order valence-corrected chi connectivity index (χ4v) is 3.19. The average molecular weight is 290 g/mol. The van der Waals surface area contributed by atoms with E-state index >= 15 is 0 Å². The maximum absolute atomic E-state index is 12.9. The van der Waals surface area contributed by atoms with E-state index in [-0.39, 0.29) is 18.0 Å². The lowest BCUT2D eigenvalue weighted by molar-refractivity contribution is -0.0110. The minimum absolute atomic E-state index is 0.0990. The van der Waals surface area contributed by atoms with Crippen LogP contribution in [-0.2, 0) is 9.47 Å². The van der Waals surface area contributed by atoms with Crippen molar-refractivity contribution >= 4 is 5.91 Å². The fourth-order valence-electron chi connectivity index (χ4n) is 3.19. The minimum atomic E-state index is 0.0990. The molecular formula is C16H22N2O3. The van der Waals surface area contributed by atoms with Crippen LogP contribution in [0.4, 0.5) is 0 Å². The first-order valence-electron chi connectivity index (χ1n) is 7.74. The number of nitrogens with zero attached hydrogens (tertiary/aromatic N) is 2. The highest BCUT2D eigenvalue weighted by Gasteiger charge is 2.33. The molecule has 0 radical (unpaired) electrons. The van der Waals surface area contributed by atoms with Crippen LogP contribution in [0.2, 0.25) is 0 Å². The summed E-state index contributed by atoms with van der Waals surface area (Å²) in [6.07, 6.45) is 7.04. The molecule has 0 aliphatic carbocycles. The van der Waals surface area contributed by atoms with Gasteiger partial charge in [0.05, 0.1) is 5.56 Å². The third kappa shape index (κ3) is 3.41. The molecular weight excluding hydrogens is 268 g/mol. The normalized spacial score (nSPS) is 21.1. The van der Waals surface area contributed by atoms with E-state index < -0.39 is 0 Å². The van der Waals surface area contributed by atoms with Crippen LogP contribution in [0.1, 0.15) is 36.0 Å². The zero-order chi connectivity index (χ0) is 14.5. The molecule has 2 aliphatic heterocycles. The topological polar surface area (TPSA) is 51.7 Å². The lowest BCUT2D eigenvalue weighted by Gasteiger charge is -2.41. The Kier molecular flexibility index (Phi) is 4.83. The lowest BCUT2D eigenvalue weighted by Crippen LogP contribution is -2.51. The maximum atomic E-state index is 12.9. The van der Waals surface area contributed by atoms with Crippen LogP contribution < -0.4 is 0 Å². The van der Waals surface area contributed by atoms with Gasteiger partial charge in [-0.15, -0.1) is 0 Å². The Labute approximate surface area is 125 Å². The van der Waals surface area contributed by atoms with E-state index in [9.17, 15) is 4.79 Å². The predicted octanol–water partition coefficient (Wildman–Crippen LogP) is 1.88. The predicted molar refractivity (Wildman–Crippen MR) is 78.1 cm³/mol. The van der Waals surface area contributed by atoms with Crippen molar-refractivity contribution in [2.75, 3.05) is 26.4 Å². The van der Waals surface area contributed by atoms with E-state index in [2.05, 4.69) is 9.88 Å². The van der Waals surface area contributed by atoms with E-state index in [0.717, 1.165) is 52.1 Å². The molecule has 1 aromatic heterocycles. The molecule has 0 N–H and O–H groups in total. The zero-order valence-corrected chi connectivity index (χ0v) is 12.2. The van der Waals surface area contributed by atoms with Gasteiger partial charge in [-0.05, 0) is 37.8 Å². The number of aromatic nitrogens is 1. The molecule has 2 saturated heterocycles. The Morgan fingerprint density at radius 2 is 1.62 bits per heavy atom. The van der Waals surface area contributed by atoms with Crippen molar-refractivity contribution in [1.29, 1.82) is 0 Å². The van der Waals surface area contributed by atoms with Gasteiger partial charge in [-0.25, -0.2) is 0 Å². The van der Waals surface area contributed by atoms with Crippen LogP contribution in [0.25, 0.3) is 0 Å². The molecule has 5 heteroatoms. The summed E-state index contributed by atoms with van der Waals surface area (Å²) in [6.45, 7) is 2.96. The second kappa shape index (κ2) is 7.00. The standard InChI is InChI=1S/C16H22N2O3/c19-16(13-2-1-7-17-12-13)18(14-3-8-20-9-4-14)15-5-10-21-11-6-15/h1-2,7,12,14-15H,3-6,8-11H2. The summed E-state index contributed by atoms with van der Waals surface area (Å²) in [5.41, 5.74) is 0.676. The van der Waals surface area contributed by atoms with Crippen molar-refractivity contribution in [3.05, 3.63) is 30.1 Å². The smallest absolute Gasteiger partial charge is 0.255 e. The van der Waals surface area contributed by atoms with Gasteiger partial charge in [0.25, 0.3) is 5.91 Å². The number of rotatable bonds is 3. The summed E-state index contributed by atoms with van der Waals surface area (Å²) >= 11 is 0. The summed E-state index contributed by atoms with van der Waals surface area (Å²) in [7, 11) is 0. The first kappa shape index (κ1) is 14.5. The largest absolute Gasteiger partial charge is 0.381 e. The first-order chi connectivity index (χ1) is 10.4. The van der Waals surface area contributed by atoms with Gasteiger partial charge in [0.1, 0.15) is 0 Å². The highest BCUT2D eigenvalue weighted by Crippen LogP contribution is 2.25. The molecule has 2 fully saturated rings. The van der Waals surface area contributed by atoms with E-state index in [1.165, 1.54) is 0 Å². The lowest BCUT2D eigenvalue weighted by atomic mass is 9.98. The number of hydrogen-bond donors (Lipinski definition) is 0. The Balaban J connectivity index is 1.81. The third-order valence-electron chi connectivity index (χ3n) is 4.31. The highest BCUT2D eigenvalue weighted by atomic mass is 16.5. The Hall–Kier alpha value is -1.46. The van der Waals surface area contributed by atoms with Crippen LogP contribution in [0.15, 0.2) is 24.5 Å². The summed E-state index contributed by atoms with van der Waals surface area (Å²) < 4.78 is 10.9. The summed E-state index contributed by atoms with van der Waals surface area (Å²) in [4.78, 5) is 19.1. The SMILES string of the molecule is O=C(c1cccnc1)N(C1CCOCC1)C1CCOCC1. The first-order valence-corrected chi connectivity index (χ1v) is 7.74. The van der Waals surface area contributed by atoms with Gasteiger partial charge in [-0.2, -0.15) is 0 Å². The van der Waals surface area contributed by atoms with Gasteiger partial charge < -0.3 is 14.4 Å². The molecule has 0 atom stereocenters. The van der Waals surface area contributed by atoms with E-state index in [4.69, 9.17) is 9.47 Å². The van der Waals surface area contributed by atoms with E-state index in [1.54, 1.807) is 12.4 Å². The minimum Gasteiger partial charge on any atom is -0.381 e. The second-order valence-electron chi connectivity index (χ2n) is 5.64. The number of carbonyl (C=O) groups excluding carboxylic acids is 1. The number of pyridine rings is 1. The molecule has 114 valence electrons. The van der Waals surface area contributed by atoms with Gasteiger partial charge in [0.2, 0.25) is 0 Å². The van der Waals surface area contributed by atoms with Crippen LogP contribution in [-0.4, -0.2) is 54.3 Å². The summed E-state index contributed by atoms with van der Waals surface area (Å²) in [5, 5.41) is 0.